The van der Waals surface area contributed by atoms with Crippen LogP contribution in [0.1, 0.15) is 33.6 Å². The molecule has 2 N–H and O–H groups in total. The molecule has 0 aliphatic rings. The lowest BCUT2D eigenvalue weighted by molar-refractivity contribution is 0.0694. The standard InChI is InChI=1S/C16H15F2NO5/c1-2-13-10(16(21)22)8-14(24-13)15(20)19-5-6-23-9-3-4-11(17)12(18)7-9/h3-4,7-8H,2,5-6H2,1H3,(H,19,20)(H,21,22). The Morgan fingerprint density at radius 2 is 2.00 bits per heavy atom. The van der Waals surface area contributed by atoms with Crippen molar-refractivity contribution < 1.29 is 32.6 Å². The number of aryl methyl sites for hydroxylation is 1. The Hall–Kier alpha value is -2.90. The van der Waals surface area contributed by atoms with Gasteiger partial charge in [0.1, 0.15) is 23.7 Å². The molecular weight excluding hydrogens is 324 g/mol. The smallest absolute Gasteiger partial charge is 0.339 e. The van der Waals surface area contributed by atoms with Gasteiger partial charge in [-0.1, -0.05) is 6.92 Å². The molecule has 0 unspecified atom stereocenters. The molecule has 2 aromatic rings. The first-order chi connectivity index (χ1) is 11.4. The normalized spacial score (nSPS) is 10.5. The molecule has 128 valence electrons. The number of carboxylic acid groups (broad SMARTS) is 1. The summed E-state index contributed by atoms with van der Waals surface area (Å²) in [6, 6.07) is 4.26. The van der Waals surface area contributed by atoms with Gasteiger partial charge in [0.05, 0.1) is 6.54 Å². The molecule has 0 fully saturated rings. The molecule has 8 heteroatoms. The zero-order valence-corrected chi connectivity index (χ0v) is 12.8. The highest BCUT2D eigenvalue weighted by atomic mass is 19.2. The fourth-order valence-electron chi connectivity index (χ4n) is 1.97. The van der Waals surface area contributed by atoms with Crippen LogP contribution in [0.2, 0.25) is 0 Å². The largest absolute Gasteiger partial charge is 0.492 e. The lowest BCUT2D eigenvalue weighted by Gasteiger charge is -2.07. The Balaban J connectivity index is 1.87. The first-order valence-electron chi connectivity index (χ1n) is 7.14. The SMILES string of the molecule is CCc1oc(C(=O)NCCOc2ccc(F)c(F)c2)cc1C(=O)O. The third-order valence-corrected chi connectivity index (χ3v) is 3.13. The highest BCUT2D eigenvalue weighted by Crippen LogP contribution is 2.17. The average molecular weight is 339 g/mol. The van der Waals surface area contributed by atoms with E-state index in [1.54, 1.807) is 6.92 Å². The number of furan rings is 1. The van der Waals surface area contributed by atoms with E-state index in [0.29, 0.717) is 6.42 Å². The Morgan fingerprint density at radius 1 is 1.25 bits per heavy atom. The number of aromatic carboxylic acids is 1. The molecule has 0 radical (unpaired) electrons. The number of halogens is 2. The topological polar surface area (TPSA) is 88.8 Å². The molecule has 0 aliphatic heterocycles. The van der Waals surface area contributed by atoms with E-state index < -0.39 is 23.5 Å². The summed E-state index contributed by atoms with van der Waals surface area (Å²) in [5.74, 6) is -3.54. The monoisotopic (exact) mass is 339 g/mol. The van der Waals surface area contributed by atoms with Gasteiger partial charge in [-0.15, -0.1) is 0 Å². The Labute approximate surface area is 136 Å². The first-order valence-corrected chi connectivity index (χ1v) is 7.14. The fourth-order valence-corrected chi connectivity index (χ4v) is 1.97. The highest BCUT2D eigenvalue weighted by molar-refractivity contribution is 5.96. The average Bonchev–Trinajstić information content (AvgIpc) is 2.99. The number of carbonyl (C=O) groups excluding carboxylic acids is 1. The maximum atomic E-state index is 13.0. The van der Waals surface area contributed by atoms with E-state index in [4.69, 9.17) is 14.3 Å². The van der Waals surface area contributed by atoms with Crippen molar-refractivity contribution in [1.82, 2.24) is 5.32 Å². The van der Waals surface area contributed by atoms with Gasteiger partial charge in [-0.05, 0) is 12.1 Å². The Kier molecular flexibility index (Phi) is 5.51. The van der Waals surface area contributed by atoms with E-state index in [9.17, 15) is 18.4 Å². The second-order valence-corrected chi connectivity index (χ2v) is 4.79. The minimum absolute atomic E-state index is 0.0178. The summed E-state index contributed by atoms with van der Waals surface area (Å²) in [5, 5.41) is 11.5. The zero-order valence-electron chi connectivity index (χ0n) is 12.8. The number of hydrogen-bond donors (Lipinski definition) is 2. The quantitative estimate of drug-likeness (QED) is 0.757. The molecule has 1 aromatic carbocycles. The minimum atomic E-state index is -1.17. The number of nitrogens with one attached hydrogen (secondary N) is 1. The van der Waals surface area contributed by atoms with Crippen LogP contribution in [0.4, 0.5) is 8.78 Å². The van der Waals surface area contributed by atoms with Gasteiger partial charge in [0.15, 0.2) is 17.4 Å². The van der Waals surface area contributed by atoms with Gasteiger partial charge in [-0.3, -0.25) is 4.79 Å². The summed E-state index contributed by atoms with van der Waals surface area (Å²) >= 11 is 0. The van der Waals surface area contributed by atoms with Crippen LogP contribution in [0.5, 0.6) is 5.75 Å². The Bertz CT molecular complexity index is 757. The summed E-state index contributed by atoms with van der Waals surface area (Å²) in [7, 11) is 0. The van der Waals surface area contributed by atoms with Crippen molar-refractivity contribution in [2.24, 2.45) is 0 Å². The lowest BCUT2D eigenvalue weighted by atomic mass is 10.2. The van der Waals surface area contributed by atoms with Crippen LogP contribution in [-0.2, 0) is 6.42 Å². The third-order valence-electron chi connectivity index (χ3n) is 3.13. The molecule has 0 bridgehead atoms. The Morgan fingerprint density at radius 3 is 2.58 bits per heavy atom. The van der Waals surface area contributed by atoms with E-state index in [2.05, 4.69) is 5.32 Å². The molecule has 0 spiro atoms. The fraction of sp³-hybridized carbons (Fsp3) is 0.250. The summed E-state index contributed by atoms with van der Waals surface area (Å²) in [6.07, 6.45) is 0.341. The van der Waals surface area contributed by atoms with Gasteiger partial charge >= 0.3 is 5.97 Å². The van der Waals surface area contributed by atoms with Crippen molar-refractivity contribution in [1.29, 1.82) is 0 Å². The maximum absolute atomic E-state index is 13.0. The highest BCUT2D eigenvalue weighted by Gasteiger charge is 2.19. The van der Waals surface area contributed by atoms with Crippen molar-refractivity contribution >= 4 is 11.9 Å². The molecule has 0 saturated carbocycles. The molecule has 0 atom stereocenters. The van der Waals surface area contributed by atoms with E-state index in [1.807, 2.05) is 0 Å². The third kappa shape index (κ3) is 4.09. The van der Waals surface area contributed by atoms with E-state index in [0.717, 1.165) is 18.2 Å². The van der Waals surface area contributed by atoms with Crippen LogP contribution in [0.15, 0.2) is 28.7 Å². The molecule has 0 saturated heterocycles. The predicted molar refractivity (Wildman–Crippen MR) is 79.2 cm³/mol. The number of ether oxygens (including phenoxy) is 1. The van der Waals surface area contributed by atoms with Crippen LogP contribution >= 0.6 is 0 Å². The molecule has 6 nitrogen and oxygen atoms in total. The summed E-state index contributed by atoms with van der Waals surface area (Å²) in [4.78, 5) is 22.9. The van der Waals surface area contributed by atoms with Crippen LogP contribution in [0.3, 0.4) is 0 Å². The molecule has 1 heterocycles. The van der Waals surface area contributed by atoms with E-state index >= 15 is 0 Å². The van der Waals surface area contributed by atoms with Crippen molar-refractivity contribution in [3.05, 3.63) is 53.0 Å². The van der Waals surface area contributed by atoms with Crippen LogP contribution in [0.25, 0.3) is 0 Å². The van der Waals surface area contributed by atoms with Crippen LogP contribution in [-0.4, -0.2) is 30.1 Å². The molecule has 0 aliphatic carbocycles. The number of carbonyl (C=O) groups is 2. The number of amides is 1. The van der Waals surface area contributed by atoms with Gasteiger partial charge in [0.2, 0.25) is 0 Å². The number of benzene rings is 1. The van der Waals surface area contributed by atoms with Crippen LogP contribution in [0, 0.1) is 11.6 Å². The number of hydrogen-bond acceptors (Lipinski definition) is 4. The second kappa shape index (κ2) is 7.58. The minimum Gasteiger partial charge on any atom is -0.492 e. The van der Waals surface area contributed by atoms with Crippen molar-refractivity contribution in [2.75, 3.05) is 13.2 Å². The van der Waals surface area contributed by atoms with E-state index in [1.165, 1.54) is 6.07 Å². The summed E-state index contributed by atoms with van der Waals surface area (Å²) in [6.45, 7) is 1.80. The van der Waals surface area contributed by atoms with Crippen molar-refractivity contribution in [3.63, 3.8) is 0 Å². The number of carboxylic acids is 1. The second-order valence-electron chi connectivity index (χ2n) is 4.79. The van der Waals surface area contributed by atoms with Crippen LogP contribution < -0.4 is 10.1 Å². The molecule has 1 amide bonds. The van der Waals surface area contributed by atoms with Gasteiger partial charge in [-0.25, -0.2) is 13.6 Å². The molecule has 24 heavy (non-hydrogen) atoms. The van der Waals surface area contributed by atoms with Gasteiger partial charge in [-0.2, -0.15) is 0 Å². The van der Waals surface area contributed by atoms with Gasteiger partial charge in [0, 0.05) is 18.6 Å². The molecule has 1 aromatic heterocycles. The van der Waals surface area contributed by atoms with Crippen molar-refractivity contribution in [2.45, 2.75) is 13.3 Å². The van der Waals surface area contributed by atoms with Gasteiger partial charge in [0.25, 0.3) is 5.91 Å². The molecule has 2 rings (SSSR count). The van der Waals surface area contributed by atoms with Gasteiger partial charge < -0.3 is 19.6 Å². The summed E-state index contributed by atoms with van der Waals surface area (Å²) < 4.78 is 36.1. The zero-order chi connectivity index (χ0) is 17.7. The predicted octanol–water partition coefficient (Wildman–Crippen LogP) is 2.63. The molecular formula is C16H15F2NO5. The summed E-state index contributed by atoms with van der Waals surface area (Å²) in [5.41, 5.74) is -0.0549. The number of rotatable bonds is 7. The maximum Gasteiger partial charge on any atom is 0.339 e. The van der Waals surface area contributed by atoms with E-state index in [-0.39, 0.29) is 36.0 Å². The van der Waals surface area contributed by atoms with Crippen molar-refractivity contribution in [3.8, 4) is 5.75 Å². The first kappa shape index (κ1) is 17.5. The lowest BCUT2D eigenvalue weighted by Crippen LogP contribution is -2.27.